The maximum absolute atomic E-state index is 12.6. The average molecular weight is 370 g/mol. The monoisotopic (exact) mass is 370 g/mol. The first kappa shape index (κ1) is 18.5. The van der Waals surface area contributed by atoms with Crippen LogP contribution in [0, 0.1) is 13.8 Å². The van der Waals surface area contributed by atoms with Crippen LogP contribution in [0.5, 0.6) is 0 Å². The Morgan fingerprint density at radius 2 is 2.15 bits per heavy atom. The first-order valence-corrected chi connectivity index (χ1v) is 8.66. The minimum absolute atomic E-state index is 0.0395. The molecule has 1 unspecified atom stereocenters. The van der Waals surface area contributed by atoms with Crippen molar-refractivity contribution in [2.24, 2.45) is 0 Å². The molecule has 0 aliphatic heterocycles. The molecule has 3 aromatic heterocycles. The fraction of sp³-hybridized carbons (Fsp3) is 0.412. The second-order valence-electron chi connectivity index (χ2n) is 6.26. The van der Waals surface area contributed by atoms with Crippen LogP contribution in [0.15, 0.2) is 23.6 Å². The summed E-state index contributed by atoms with van der Waals surface area (Å²) in [5.41, 5.74) is 2.28. The van der Waals surface area contributed by atoms with Crippen LogP contribution in [0.4, 0.5) is 0 Å². The van der Waals surface area contributed by atoms with E-state index in [0.717, 1.165) is 23.5 Å². The molecule has 10 heteroatoms. The van der Waals surface area contributed by atoms with Crippen molar-refractivity contribution in [2.45, 2.75) is 46.8 Å². The van der Waals surface area contributed by atoms with Crippen LogP contribution in [-0.2, 0) is 13.1 Å². The number of hydrogen-bond donors (Lipinski definition) is 2. The Labute approximate surface area is 155 Å². The number of carbonyl (C=O) groups is 1. The van der Waals surface area contributed by atoms with E-state index in [2.05, 4.69) is 30.5 Å². The molecule has 0 aliphatic carbocycles. The third-order valence-corrected chi connectivity index (χ3v) is 4.39. The van der Waals surface area contributed by atoms with E-state index in [-0.39, 0.29) is 18.2 Å². The Kier molecular flexibility index (Phi) is 5.15. The summed E-state index contributed by atoms with van der Waals surface area (Å²) >= 11 is 0. The van der Waals surface area contributed by atoms with Crippen LogP contribution in [0.1, 0.15) is 53.0 Å². The molecule has 3 heterocycles. The van der Waals surface area contributed by atoms with Crippen LogP contribution < -0.4 is 10.9 Å². The summed E-state index contributed by atoms with van der Waals surface area (Å²) in [5, 5.41) is 11.3. The summed E-state index contributed by atoms with van der Waals surface area (Å²) in [4.78, 5) is 35.4. The van der Waals surface area contributed by atoms with Gasteiger partial charge in [0.25, 0.3) is 11.5 Å². The highest BCUT2D eigenvalue weighted by atomic mass is 16.2. The normalized spacial score (nSPS) is 12.1. The number of nitrogens with one attached hydrogen (secondary N) is 2. The molecule has 0 bridgehead atoms. The first-order valence-electron chi connectivity index (χ1n) is 8.66. The Morgan fingerprint density at radius 1 is 1.37 bits per heavy atom. The lowest BCUT2D eigenvalue weighted by molar-refractivity contribution is 0.0937. The molecule has 0 saturated carbocycles. The zero-order valence-corrected chi connectivity index (χ0v) is 15.7. The molecule has 2 N–H and O–H groups in total. The second-order valence-corrected chi connectivity index (χ2v) is 6.26. The molecular formula is C17H22N8O2. The highest BCUT2D eigenvalue weighted by Gasteiger charge is 2.21. The van der Waals surface area contributed by atoms with Crippen molar-refractivity contribution in [1.29, 1.82) is 0 Å². The number of aromatic amines is 1. The lowest BCUT2D eigenvalue weighted by Crippen LogP contribution is -2.33. The molecule has 0 aliphatic rings. The minimum Gasteiger partial charge on any atom is -0.345 e. The van der Waals surface area contributed by atoms with Gasteiger partial charge in [0.15, 0.2) is 0 Å². The molecule has 0 aromatic carbocycles. The van der Waals surface area contributed by atoms with E-state index >= 15 is 0 Å². The van der Waals surface area contributed by atoms with Crippen molar-refractivity contribution < 1.29 is 4.79 Å². The first-order chi connectivity index (χ1) is 12.9. The van der Waals surface area contributed by atoms with Gasteiger partial charge < -0.3 is 10.3 Å². The zero-order chi connectivity index (χ0) is 19.6. The fourth-order valence-electron chi connectivity index (χ4n) is 3.13. The smallest absolute Gasteiger partial charge is 0.263 e. The van der Waals surface area contributed by atoms with Crippen molar-refractivity contribution >= 4 is 5.91 Å². The van der Waals surface area contributed by atoms with Crippen LogP contribution in [-0.4, -0.2) is 40.4 Å². The van der Waals surface area contributed by atoms with E-state index in [1.165, 1.54) is 23.5 Å². The summed E-state index contributed by atoms with van der Waals surface area (Å²) in [6.45, 7) is 8.78. The van der Waals surface area contributed by atoms with Gasteiger partial charge in [-0.1, -0.05) is 0 Å². The molecule has 142 valence electrons. The number of aryl methyl sites for hydroxylation is 2. The van der Waals surface area contributed by atoms with Gasteiger partial charge in [0.05, 0.1) is 11.7 Å². The molecule has 0 spiro atoms. The van der Waals surface area contributed by atoms with Crippen molar-refractivity contribution in [3.63, 3.8) is 0 Å². The fourth-order valence-corrected chi connectivity index (χ4v) is 3.13. The summed E-state index contributed by atoms with van der Waals surface area (Å²) in [7, 11) is 0. The van der Waals surface area contributed by atoms with E-state index < -0.39 is 11.5 Å². The molecule has 0 fully saturated rings. The molecule has 1 atom stereocenters. The molecular weight excluding hydrogens is 348 g/mol. The van der Waals surface area contributed by atoms with Gasteiger partial charge in [0.2, 0.25) is 0 Å². The summed E-state index contributed by atoms with van der Waals surface area (Å²) < 4.78 is 3.41. The van der Waals surface area contributed by atoms with Crippen LogP contribution >= 0.6 is 0 Å². The van der Waals surface area contributed by atoms with E-state index in [9.17, 15) is 9.59 Å². The number of nitrogens with zero attached hydrogens (tertiary/aromatic N) is 6. The van der Waals surface area contributed by atoms with Crippen LogP contribution in [0.3, 0.4) is 0 Å². The zero-order valence-electron chi connectivity index (χ0n) is 15.7. The molecule has 3 aromatic rings. The molecule has 0 radical (unpaired) electrons. The number of hydrogen-bond acceptors (Lipinski definition) is 6. The molecule has 10 nitrogen and oxygen atoms in total. The molecule has 1 amide bonds. The predicted molar refractivity (Wildman–Crippen MR) is 97.2 cm³/mol. The number of carbonyl (C=O) groups excluding carboxylic acids is 1. The van der Waals surface area contributed by atoms with Gasteiger partial charge in [0, 0.05) is 24.0 Å². The van der Waals surface area contributed by atoms with E-state index in [4.69, 9.17) is 0 Å². The van der Waals surface area contributed by atoms with Gasteiger partial charge >= 0.3 is 0 Å². The highest BCUT2D eigenvalue weighted by Crippen LogP contribution is 2.21. The Morgan fingerprint density at radius 3 is 2.74 bits per heavy atom. The van der Waals surface area contributed by atoms with E-state index in [1.807, 2.05) is 32.4 Å². The average Bonchev–Trinajstić information content (AvgIpc) is 3.22. The summed E-state index contributed by atoms with van der Waals surface area (Å²) in [6, 6.07) is -0.285. The third kappa shape index (κ3) is 3.78. The SMILES string of the molecule is CCn1nc(C)c(C(C)NC(=O)c2cnc(Cn3cncn3)[nH]c2=O)c1C. The van der Waals surface area contributed by atoms with Gasteiger partial charge in [-0.2, -0.15) is 10.2 Å². The number of amides is 1. The minimum atomic E-state index is -0.498. The molecule has 0 saturated heterocycles. The molecule has 27 heavy (non-hydrogen) atoms. The lowest BCUT2D eigenvalue weighted by atomic mass is 10.1. The topological polar surface area (TPSA) is 123 Å². The second kappa shape index (κ2) is 7.52. The standard InChI is InChI=1S/C17H22N8O2/c1-5-25-12(4)15(11(3)23-25)10(2)21-16(26)13-6-19-14(22-17(13)27)7-24-9-18-8-20-24/h6,8-10H,5,7H2,1-4H3,(H,21,26)(H,19,22,27). The Hall–Kier alpha value is -3.30. The lowest BCUT2D eigenvalue weighted by Gasteiger charge is -2.15. The number of rotatable bonds is 6. The quantitative estimate of drug-likeness (QED) is 0.659. The van der Waals surface area contributed by atoms with E-state index in [0.29, 0.717) is 5.82 Å². The van der Waals surface area contributed by atoms with Crippen LogP contribution in [0.25, 0.3) is 0 Å². The maximum atomic E-state index is 12.6. The molecule has 3 rings (SSSR count). The summed E-state index contributed by atoms with van der Waals surface area (Å²) in [6.07, 6.45) is 4.19. The van der Waals surface area contributed by atoms with Crippen molar-refractivity contribution in [3.05, 3.63) is 57.5 Å². The number of aromatic nitrogens is 7. The highest BCUT2D eigenvalue weighted by molar-refractivity contribution is 5.93. The van der Waals surface area contributed by atoms with E-state index in [1.54, 1.807) is 0 Å². The van der Waals surface area contributed by atoms with Crippen molar-refractivity contribution in [3.8, 4) is 0 Å². The third-order valence-electron chi connectivity index (χ3n) is 4.39. The van der Waals surface area contributed by atoms with Crippen molar-refractivity contribution in [1.82, 2.24) is 39.8 Å². The largest absolute Gasteiger partial charge is 0.345 e. The van der Waals surface area contributed by atoms with Gasteiger partial charge in [-0.25, -0.2) is 14.6 Å². The van der Waals surface area contributed by atoms with Crippen LogP contribution in [0.2, 0.25) is 0 Å². The van der Waals surface area contributed by atoms with Crippen molar-refractivity contribution in [2.75, 3.05) is 0 Å². The predicted octanol–water partition coefficient (Wildman–Crippen LogP) is 0.734. The maximum Gasteiger partial charge on any atom is 0.263 e. The van der Waals surface area contributed by atoms with Gasteiger partial charge in [-0.15, -0.1) is 0 Å². The van der Waals surface area contributed by atoms with Gasteiger partial charge in [0.1, 0.15) is 30.6 Å². The Balaban J connectivity index is 1.76. The number of H-pyrrole nitrogens is 1. The summed E-state index contributed by atoms with van der Waals surface area (Å²) in [5.74, 6) is -0.0855. The van der Waals surface area contributed by atoms with Gasteiger partial charge in [-0.3, -0.25) is 14.3 Å². The van der Waals surface area contributed by atoms with Gasteiger partial charge in [-0.05, 0) is 27.7 Å². The Bertz CT molecular complexity index is 1000.